The van der Waals surface area contributed by atoms with Crippen LogP contribution in [0.5, 0.6) is 5.88 Å². The molecule has 1 aromatic heterocycles. The first-order chi connectivity index (χ1) is 6.90. The number of methoxy groups -OCH3 is 1. The third kappa shape index (κ3) is 1.95. The molecule has 1 heterocycles. The number of rotatable bonds is 2. The van der Waals surface area contributed by atoms with Crippen LogP contribution in [0.2, 0.25) is 0 Å². The van der Waals surface area contributed by atoms with Gasteiger partial charge in [0, 0.05) is 12.0 Å². The van der Waals surface area contributed by atoms with E-state index in [0.717, 1.165) is 5.69 Å². The number of hydrogen-bond donors (Lipinski definition) is 0. The van der Waals surface area contributed by atoms with Crippen molar-refractivity contribution in [1.82, 2.24) is 4.98 Å². The molecule has 2 rings (SSSR count). The maximum absolute atomic E-state index is 5.11. The highest BCUT2D eigenvalue weighted by Gasteiger charge is 2.12. The first-order valence-electron chi connectivity index (χ1n) is 5.08. The first kappa shape index (κ1) is 9.25. The summed E-state index contributed by atoms with van der Waals surface area (Å²) in [7, 11) is 1.66. The van der Waals surface area contributed by atoms with E-state index in [1.165, 1.54) is 19.3 Å². The summed E-state index contributed by atoms with van der Waals surface area (Å²) in [5.41, 5.74) is 1.13. The zero-order valence-corrected chi connectivity index (χ0v) is 8.44. The quantitative estimate of drug-likeness (QED) is 0.667. The number of nitrogens with zero attached hydrogens (tertiary/aromatic N) is 1. The Morgan fingerprint density at radius 3 is 3.07 bits per heavy atom. The highest BCUT2D eigenvalue weighted by Crippen LogP contribution is 2.27. The van der Waals surface area contributed by atoms with Gasteiger partial charge in [0.15, 0.2) is 0 Å². The van der Waals surface area contributed by atoms with E-state index in [4.69, 9.17) is 4.74 Å². The van der Waals surface area contributed by atoms with Crippen molar-refractivity contribution in [1.29, 1.82) is 0 Å². The van der Waals surface area contributed by atoms with Gasteiger partial charge in [0.05, 0.1) is 12.8 Å². The molecule has 1 atom stereocenters. The van der Waals surface area contributed by atoms with Gasteiger partial charge < -0.3 is 4.74 Å². The molecule has 1 aromatic rings. The molecule has 14 heavy (non-hydrogen) atoms. The van der Waals surface area contributed by atoms with Crippen LogP contribution in [0, 0.1) is 0 Å². The molecule has 1 aliphatic rings. The van der Waals surface area contributed by atoms with Crippen LogP contribution in [0.25, 0.3) is 0 Å². The Kier molecular flexibility index (Phi) is 2.82. The molecule has 2 heteroatoms. The lowest BCUT2D eigenvalue weighted by molar-refractivity contribution is 0.395. The largest absolute Gasteiger partial charge is 0.481 e. The van der Waals surface area contributed by atoms with Crippen LogP contribution in [0.1, 0.15) is 30.9 Å². The van der Waals surface area contributed by atoms with Crippen molar-refractivity contribution in [2.24, 2.45) is 0 Å². The molecule has 74 valence electrons. The van der Waals surface area contributed by atoms with E-state index in [1.54, 1.807) is 7.11 Å². The van der Waals surface area contributed by atoms with Gasteiger partial charge in [-0.1, -0.05) is 18.2 Å². The molecule has 2 nitrogen and oxygen atoms in total. The summed E-state index contributed by atoms with van der Waals surface area (Å²) < 4.78 is 5.11. The number of hydrogen-bond acceptors (Lipinski definition) is 2. The van der Waals surface area contributed by atoms with Crippen molar-refractivity contribution in [3.05, 3.63) is 36.0 Å². The van der Waals surface area contributed by atoms with Gasteiger partial charge >= 0.3 is 0 Å². The van der Waals surface area contributed by atoms with Gasteiger partial charge in [-0.25, -0.2) is 4.98 Å². The highest BCUT2D eigenvalue weighted by molar-refractivity contribution is 5.22. The Morgan fingerprint density at radius 1 is 1.43 bits per heavy atom. The van der Waals surface area contributed by atoms with Gasteiger partial charge in [-0.15, -0.1) is 0 Å². The highest BCUT2D eigenvalue weighted by atomic mass is 16.5. The molecular formula is C12H15NO. The van der Waals surface area contributed by atoms with Gasteiger partial charge in [0.25, 0.3) is 0 Å². The van der Waals surface area contributed by atoms with Gasteiger partial charge in [0.2, 0.25) is 5.88 Å². The Balaban J connectivity index is 2.22. The standard InChI is InChI=1S/C12H15NO/c1-14-12-9-5-8-11(13-12)10-6-3-2-4-7-10/h3,5-6,8-10H,2,4,7H2,1H3/t10-/m1/s1. The minimum atomic E-state index is 0.485. The molecule has 0 aliphatic heterocycles. The van der Waals surface area contributed by atoms with Crippen LogP contribution in [0.3, 0.4) is 0 Å². The lowest BCUT2D eigenvalue weighted by Gasteiger charge is -2.15. The van der Waals surface area contributed by atoms with E-state index in [-0.39, 0.29) is 0 Å². The fourth-order valence-corrected chi connectivity index (χ4v) is 1.81. The maximum Gasteiger partial charge on any atom is 0.213 e. The van der Waals surface area contributed by atoms with Gasteiger partial charge in [-0.2, -0.15) is 0 Å². The van der Waals surface area contributed by atoms with Crippen molar-refractivity contribution in [2.45, 2.75) is 25.2 Å². The summed E-state index contributed by atoms with van der Waals surface area (Å²) in [5, 5.41) is 0. The van der Waals surface area contributed by atoms with Gasteiger partial charge in [0.1, 0.15) is 0 Å². The lowest BCUT2D eigenvalue weighted by Crippen LogP contribution is -2.02. The Labute approximate surface area is 84.6 Å². The van der Waals surface area contributed by atoms with E-state index in [1.807, 2.05) is 12.1 Å². The molecule has 0 amide bonds. The second kappa shape index (κ2) is 4.27. The molecule has 0 N–H and O–H groups in total. The van der Waals surface area contributed by atoms with Crippen molar-refractivity contribution >= 4 is 0 Å². The summed E-state index contributed by atoms with van der Waals surface area (Å²) in [6.07, 6.45) is 8.18. The molecule has 0 unspecified atom stereocenters. The second-order valence-corrected chi connectivity index (χ2v) is 3.57. The summed E-state index contributed by atoms with van der Waals surface area (Å²) in [4.78, 5) is 4.44. The third-order valence-corrected chi connectivity index (χ3v) is 2.59. The number of ether oxygens (including phenoxy) is 1. The van der Waals surface area contributed by atoms with Crippen LogP contribution in [-0.4, -0.2) is 12.1 Å². The second-order valence-electron chi connectivity index (χ2n) is 3.57. The van der Waals surface area contributed by atoms with Gasteiger partial charge in [-0.05, 0) is 25.3 Å². The Bertz CT molecular complexity index is 333. The van der Waals surface area contributed by atoms with Crippen LogP contribution < -0.4 is 4.74 Å². The fraction of sp³-hybridized carbons (Fsp3) is 0.417. The summed E-state index contributed by atoms with van der Waals surface area (Å²) in [6, 6.07) is 5.96. The molecule has 0 aromatic carbocycles. The Hall–Kier alpha value is -1.31. The molecule has 0 spiro atoms. The van der Waals surface area contributed by atoms with Crippen molar-refractivity contribution in [3.8, 4) is 5.88 Å². The lowest BCUT2D eigenvalue weighted by atomic mass is 9.93. The van der Waals surface area contributed by atoms with E-state index >= 15 is 0 Å². The molecule has 1 aliphatic carbocycles. The van der Waals surface area contributed by atoms with Gasteiger partial charge in [-0.3, -0.25) is 0 Å². The zero-order chi connectivity index (χ0) is 9.80. The van der Waals surface area contributed by atoms with E-state index in [0.29, 0.717) is 11.8 Å². The molecule has 0 saturated carbocycles. The normalized spacial score (nSPS) is 20.8. The SMILES string of the molecule is COc1cccc([C@@H]2C=CCCC2)n1. The van der Waals surface area contributed by atoms with Crippen LogP contribution in [-0.2, 0) is 0 Å². The predicted molar refractivity (Wildman–Crippen MR) is 56.5 cm³/mol. The van der Waals surface area contributed by atoms with E-state index in [2.05, 4.69) is 23.2 Å². The average Bonchev–Trinajstić information content (AvgIpc) is 2.30. The van der Waals surface area contributed by atoms with Crippen molar-refractivity contribution in [3.63, 3.8) is 0 Å². The molecular weight excluding hydrogens is 174 g/mol. The topological polar surface area (TPSA) is 22.1 Å². The third-order valence-electron chi connectivity index (χ3n) is 2.59. The van der Waals surface area contributed by atoms with Crippen molar-refractivity contribution in [2.75, 3.05) is 7.11 Å². The average molecular weight is 189 g/mol. The van der Waals surface area contributed by atoms with Crippen LogP contribution in [0.15, 0.2) is 30.4 Å². The fourth-order valence-electron chi connectivity index (χ4n) is 1.81. The number of allylic oxidation sites excluding steroid dienone is 2. The predicted octanol–water partition coefficient (Wildman–Crippen LogP) is 2.91. The monoisotopic (exact) mass is 189 g/mol. The molecule has 0 bridgehead atoms. The van der Waals surface area contributed by atoms with Crippen LogP contribution in [0.4, 0.5) is 0 Å². The summed E-state index contributed by atoms with van der Waals surface area (Å²) in [5.74, 6) is 1.19. The zero-order valence-electron chi connectivity index (χ0n) is 8.44. The minimum Gasteiger partial charge on any atom is -0.481 e. The first-order valence-corrected chi connectivity index (χ1v) is 5.08. The maximum atomic E-state index is 5.11. The minimum absolute atomic E-state index is 0.485. The van der Waals surface area contributed by atoms with Crippen LogP contribution >= 0.6 is 0 Å². The summed E-state index contributed by atoms with van der Waals surface area (Å²) in [6.45, 7) is 0. The van der Waals surface area contributed by atoms with E-state index < -0.39 is 0 Å². The van der Waals surface area contributed by atoms with Crippen molar-refractivity contribution < 1.29 is 4.74 Å². The molecule has 0 radical (unpaired) electrons. The molecule has 0 fully saturated rings. The molecule has 0 saturated heterocycles. The van der Waals surface area contributed by atoms with E-state index in [9.17, 15) is 0 Å². The summed E-state index contributed by atoms with van der Waals surface area (Å²) >= 11 is 0. The smallest absolute Gasteiger partial charge is 0.213 e. The number of pyridine rings is 1. The Morgan fingerprint density at radius 2 is 2.36 bits per heavy atom. The number of aromatic nitrogens is 1.